The van der Waals surface area contributed by atoms with Crippen molar-refractivity contribution in [2.24, 2.45) is 0 Å². The van der Waals surface area contributed by atoms with Crippen LogP contribution in [-0.2, 0) is 0 Å². The van der Waals surface area contributed by atoms with Crippen molar-refractivity contribution in [1.82, 2.24) is 10.2 Å². The predicted octanol–water partition coefficient (Wildman–Crippen LogP) is 3.84. The summed E-state index contributed by atoms with van der Waals surface area (Å²) in [5.74, 6) is 3.19. The van der Waals surface area contributed by atoms with E-state index in [1.165, 1.54) is 35.8 Å². The molecule has 2 unspecified atom stereocenters. The lowest BCUT2D eigenvalue weighted by atomic mass is 10.0. The van der Waals surface area contributed by atoms with E-state index in [0.29, 0.717) is 5.92 Å². The van der Waals surface area contributed by atoms with Crippen LogP contribution in [0.15, 0.2) is 0 Å². The fourth-order valence-corrected chi connectivity index (χ4v) is 3.87. The van der Waals surface area contributed by atoms with Crippen LogP contribution < -0.4 is 0 Å². The molecular weight excluding hydrogens is 248 g/mol. The first kappa shape index (κ1) is 11.7. The lowest BCUT2D eigenvalue weighted by Crippen LogP contribution is -1.97. The maximum atomic E-state index is 5.99. The molecule has 0 radical (unpaired) electrons. The molecule has 1 aromatic heterocycles. The summed E-state index contributed by atoms with van der Waals surface area (Å²) in [6.07, 6.45) is 3.81. The SMILES string of the molecule is CC(Cl)c1nnc(C2CCCSCC2)s1. The summed E-state index contributed by atoms with van der Waals surface area (Å²) in [7, 11) is 0. The number of hydrogen-bond acceptors (Lipinski definition) is 4. The van der Waals surface area contributed by atoms with E-state index in [1.54, 1.807) is 11.3 Å². The van der Waals surface area contributed by atoms with Crippen LogP contribution in [0.25, 0.3) is 0 Å². The number of aromatic nitrogens is 2. The molecule has 0 N–H and O–H groups in total. The molecule has 5 heteroatoms. The predicted molar refractivity (Wildman–Crippen MR) is 68.1 cm³/mol. The fourth-order valence-electron chi connectivity index (χ4n) is 1.72. The first-order valence-electron chi connectivity index (χ1n) is 5.32. The van der Waals surface area contributed by atoms with Crippen LogP contribution in [0, 0.1) is 0 Å². The van der Waals surface area contributed by atoms with Gasteiger partial charge in [0.25, 0.3) is 0 Å². The maximum Gasteiger partial charge on any atom is 0.135 e. The second-order valence-electron chi connectivity index (χ2n) is 3.83. The number of alkyl halides is 1. The highest BCUT2D eigenvalue weighted by molar-refractivity contribution is 7.99. The molecule has 0 saturated carbocycles. The standard InChI is InChI=1S/C10H15ClN2S2/c1-7(11)9-12-13-10(15-9)8-3-2-5-14-6-4-8/h7-8H,2-6H2,1H3. The normalized spacial score (nSPS) is 24.8. The Morgan fingerprint density at radius 1 is 1.33 bits per heavy atom. The van der Waals surface area contributed by atoms with Crippen LogP contribution >= 0.6 is 34.7 Å². The highest BCUT2D eigenvalue weighted by Gasteiger charge is 2.19. The van der Waals surface area contributed by atoms with Crippen LogP contribution in [0.1, 0.15) is 47.5 Å². The number of halogens is 1. The number of rotatable bonds is 2. The minimum absolute atomic E-state index is 0.00333. The highest BCUT2D eigenvalue weighted by atomic mass is 35.5. The van der Waals surface area contributed by atoms with Crippen LogP contribution in [0.5, 0.6) is 0 Å². The summed E-state index contributed by atoms with van der Waals surface area (Å²) < 4.78 is 0. The smallest absolute Gasteiger partial charge is 0.135 e. The van der Waals surface area contributed by atoms with Gasteiger partial charge in [0.05, 0.1) is 5.38 Å². The van der Waals surface area contributed by atoms with Gasteiger partial charge in [-0.15, -0.1) is 21.8 Å². The number of thioether (sulfide) groups is 1. The van der Waals surface area contributed by atoms with Gasteiger partial charge in [-0.3, -0.25) is 0 Å². The Bertz CT molecular complexity index is 306. The van der Waals surface area contributed by atoms with Gasteiger partial charge in [0.15, 0.2) is 0 Å². The van der Waals surface area contributed by atoms with Crippen molar-refractivity contribution < 1.29 is 0 Å². The van der Waals surface area contributed by atoms with Gasteiger partial charge in [0, 0.05) is 5.92 Å². The lowest BCUT2D eigenvalue weighted by molar-refractivity contribution is 0.603. The molecule has 0 aromatic carbocycles. The summed E-state index contributed by atoms with van der Waals surface area (Å²) in [6, 6.07) is 0. The van der Waals surface area contributed by atoms with Crippen molar-refractivity contribution in [2.45, 2.75) is 37.5 Å². The van der Waals surface area contributed by atoms with Gasteiger partial charge in [0.2, 0.25) is 0 Å². The number of nitrogens with zero attached hydrogens (tertiary/aromatic N) is 2. The van der Waals surface area contributed by atoms with Gasteiger partial charge >= 0.3 is 0 Å². The Hall–Kier alpha value is 0.200. The van der Waals surface area contributed by atoms with Crippen LogP contribution in [0.2, 0.25) is 0 Å². The summed E-state index contributed by atoms with van der Waals surface area (Å²) in [5, 5.41) is 10.6. The quantitative estimate of drug-likeness (QED) is 0.758. The summed E-state index contributed by atoms with van der Waals surface area (Å²) >= 11 is 9.74. The van der Waals surface area contributed by atoms with Crippen molar-refractivity contribution in [1.29, 1.82) is 0 Å². The third-order valence-corrected chi connectivity index (χ3v) is 5.30. The van der Waals surface area contributed by atoms with Crippen molar-refractivity contribution >= 4 is 34.7 Å². The van der Waals surface area contributed by atoms with E-state index in [0.717, 1.165) is 5.01 Å². The Morgan fingerprint density at radius 2 is 2.20 bits per heavy atom. The van der Waals surface area contributed by atoms with Crippen molar-refractivity contribution in [3.8, 4) is 0 Å². The first-order valence-corrected chi connectivity index (χ1v) is 7.73. The molecule has 2 atom stereocenters. The minimum Gasteiger partial charge on any atom is -0.162 e. The zero-order valence-electron chi connectivity index (χ0n) is 8.78. The van der Waals surface area contributed by atoms with Gasteiger partial charge in [-0.25, -0.2) is 0 Å². The first-order chi connectivity index (χ1) is 7.27. The molecule has 1 aliphatic heterocycles. The molecule has 15 heavy (non-hydrogen) atoms. The minimum atomic E-state index is -0.00333. The van der Waals surface area contributed by atoms with E-state index in [2.05, 4.69) is 22.0 Å². The molecule has 0 aliphatic carbocycles. The molecule has 0 amide bonds. The van der Waals surface area contributed by atoms with E-state index >= 15 is 0 Å². The molecular formula is C10H15ClN2S2. The second-order valence-corrected chi connectivity index (χ2v) is 6.75. The zero-order chi connectivity index (χ0) is 10.7. The summed E-state index contributed by atoms with van der Waals surface area (Å²) in [4.78, 5) is 0. The van der Waals surface area contributed by atoms with Crippen LogP contribution in [-0.4, -0.2) is 21.7 Å². The van der Waals surface area contributed by atoms with Crippen molar-refractivity contribution in [2.75, 3.05) is 11.5 Å². The highest BCUT2D eigenvalue weighted by Crippen LogP contribution is 2.34. The molecule has 1 fully saturated rings. The van der Waals surface area contributed by atoms with E-state index < -0.39 is 0 Å². The van der Waals surface area contributed by atoms with Gasteiger partial charge in [-0.2, -0.15) is 11.8 Å². The molecule has 2 nitrogen and oxygen atoms in total. The molecule has 2 rings (SSSR count). The van der Waals surface area contributed by atoms with Gasteiger partial charge in [-0.1, -0.05) is 11.3 Å². The second kappa shape index (κ2) is 5.51. The van der Waals surface area contributed by atoms with Crippen molar-refractivity contribution in [3.05, 3.63) is 10.0 Å². The lowest BCUT2D eigenvalue weighted by Gasteiger charge is -2.08. The Morgan fingerprint density at radius 3 is 2.93 bits per heavy atom. The fraction of sp³-hybridized carbons (Fsp3) is 0.800. The van der Waals surface area contributed by atoms with Crippen molar-refractivity contribution in [3.63, 3.8) is 0 Å². The van der Waals surface area contributed by atoms with Crippen LogP contribution in [0.3, 0.4) is 0 Å². The molecule has 1 aromatic rings. The number of hydrogen-bond donors (Lipinski definition) is 0. The molecule has 84 valence electrons. The Balaban J connectivity index is 2.06. The molecule has 0 bridgehead atoms. The average Bonchev–Trinajstić information content (AvgIpc) is 2.55. The summed E-state index contributed by atoms with van der Waals surface area (Å²) in [6.45, 7) is 1.95. The summed E-state index contributed by atoms with van der Waals surface area (Å²) in [5.41, 5.74) is 0. The van der Waals surface area contributed by atoms with Gasteiger partial charge < -0.3 is 0 Å². The van der Waals surface area contributed by atoms with E-state index in [1.807, 2.05) is 6.92 Å². The van der Waals surface area contributed by atoms with Gasteiger partial charge in [-0.05, 0) is 37.7 Å². The van der Waals surface area contributed by atoms with E-state index in [9.17, 15) is 0 Å². The largest absolute Gasteiger partial charge is 0.162 e. The zero-order valence-corrected chi connectivity index (χ0v) is 11.2. The molecule has 0 spiro atoms. The monoisotopic (exact) mass is 262 g/mol. The third-order valence-electron chi connectivity index (χ3n) is 2.60. The molecule has 2 heterocycles. The van der Waals surface area contributed by atoms with E-state index in [4.69, 9.17) is 11.6 Å². The third kappa shape index (κ3) is 3.08. The average molecular weight is 263 g/mol. The van der Waals surface area contributed by atoms with Crippen LogP contribution in [0.4, 0.5) is 0 Å². The topological polar surface area (TPSA) is 25.8 Å². The Labute approximate surface area is 104 Å². The van der Waals surface area contributed by atoms with E-state index in [-0.39, 0.29) is 5.38 Å². The Kier molecular flexibility index (Phi) is 4.29. The van der Waals surface area contributed by atoms with Gasteiger partial charge in [0.1, 0.15) is 10.0 Å². The molecule has 1 saturated heterocycles. The maximum absolute atomic E-state index is 5.99. The molecule has 1 aliphatic rings.